The molecule has 3 N–H and O–H groups in total. The van der Waals surface area contributed by atoms with Crippen molar-refractivity contribution in [1.82, 2.24) is 5.32 Å². The normalized spacial score (nSPS) is 19.8. The van der Waals surface area contributed by atoms with Crippen molar-refractivity contribution in [1.29, 1.82) is 0 Å². The van der Waals surface area contributed by atoms with Crippen LogP contribution in [0.3, 0.4) is 0 Å². The maximum Gasteiger partial charge on any atom is 0.274 e. The summed E-state index contributed by atoms with van der Waals surface area (Å²) in [5, 5.41) is 19.2. The van der Waals surface area contributed by atoms with E-state index in [9.17, 15) is 18.5 Å². The zero-order chi connectivity index (χ0) is 14.8. The lowest BCUT2D eigenvalue weighted by Gasteiger charge is -2.23. The number of benzene rings is 1. The quantitative estimate of drug-likeness (QED) is 0.585. The summed E-state index contributed by atoms with van der Waals surface area (Å²) in [5.74, 6) is 0. The van der Waals surface area contributed by atoms with Gasteiger partial charge in [-0.1, -0.05) is 6.07 Å². The molecule has 0 aliphatic carbocycles. The van der Waals surface area contributed by atoms with Gasteiger partial charge < -0.3 is 10.1 Å². The van der Waals surface area contributed by atoms with E-state index in [1.165, 1.54) is 12.1 Å². The predicted molar refractivity (Wildman–Crippen MR) is 70.8 cm³/mol. The maximum absolute atomic E-state index is 11.2. The molecule has 1 aliphatic heterocycles. The van der Waals surface area contributed by atoms with Gasteiger partial charge in [0.15, 0.2) is 0 Å². The number of hydrogen-bond donors (Lipinski definition) is 2. The lowest BCUT2D eigenvalue weighted by Crippen LogP contribution is -2.39. The summed E-state index contributed by atoms with van der Waals surface area (Å²) < 4.78 is 27.9. The van der Waals surface area contributed by atoms with Crippen LogP contribution in [-0.2, 0) is 21.2 Å². The first-order valence-electron chi connectivity index (χ1n) is 6.00. The van der Waals surface area contributed by atoms with Crippen LogP contribution in [0, 0.1) is 10.1 Å². The monoisotopic (exact) mass is 301 g/mol. The number of hydrogen-bond acceptors (Lipinski definition) is 6. The van der Waals surface area contributed by atoms with Crippen molar-refractivity contribution in [3.63, 3.8) is 0 Å². The summed E-state index contributed by atoms with van der Waals surface area (Å²) in [6.45, 7) is 1.91. The van der Waals surface area contributed by atoms with Crippen molar-refractivity contribution >= 4 is 15.7 Å². The fourth-order valence-corrected chi connectivity index (χ4v) is 2.59. The number of nitrogens with one attached hydrogen (secondary N) is 1. The molecule has 0 unspecified atom stereocenters. The first-order valence-corrected chi connectivity index (χ1v) is 7.55. The summed E-state index contributed by atoms with van der Waals surface area (Å²) in [5.41, 5.74) is 0.168. The molecule has 1 aromatic rings. The van der Waals surface area contributed by atoms with E-state index in [-0.39, 0.29) is 16.7 Å². The Hall–Kier alpha value is -1.55. The van der Waals surface area contributed by atoms with Gasteiger partial charge in [0.1, 0.15) is 0 Å². The minimum Gasteiger partial charge on any atom is -0.375 e. The Morgan fingerprint density at radius 1 is 1.50 bits per heavy atom. The third-order valence-corrected chi connectivity index (χ3v) is 3.94. The van der Waals surface area contributed by atoms with E-state index < -0.39 is 14.9 Å². The number of nitro groups is 1. The highest BCUT2D eigenvalue weighted by atomic mass is 32.2. The minimum absolute atomic E-state index is 0.164. The Morgan fingerprint density at radius 2 is 2.25 bits per heavy atom. The van der Waals surface area contributed by atoms with Crippen molar-refractivity contribution in [3.8, 4) is 0 Å². The van der Waals surface area contributed by atoms with Crippen LogP contribution >= 0.6 is 0 Å². The van der Waals surface area contributed by atoms with Gasteiger partial charge in [0, 0.05) is 31.1 Å². The smallest absolute Gasteiger partial charge is 0.274 e. The molecule has 2 rings (SSSR count). The second kappa shape index (κ2) is 5.83. The Kier molecular flexibility index (Phi) is 4.33. The number of morpholine rings is 1. The van der Waals surface area contributed by atoms with Gasteiger partial charge in [-0.05, 0) is 6.07 Å². The molecule has 20 heavy (non-hydrogen) atoms. The number of primary sulfonamides is 1. The van der Waals surface area contributed by atoms with Crippen LogP contribution in [0.1, 0.15) is 5.56 Å². The molecule has 0 amide bonds. The first kappa shape index (κ1) is 14.9. The SMILES string of the molecule is NS(=O)(=O)c1ccc(C[C@@H]2CNCCO2)c([N+](=O)[O-])c1. The average molecular weight is 301 g/mol. The topological polar surface area (TPSA) is 125 Å². The van der Waals surface area contributed by atoms with Crippen molar-refractivity contribution in [2.24, 2.45) is 5.14 Å². The molecule has 1 aliphatic rings. The van der Waals surface area contributed by atoms with Crippen LogP contribution in [0.15, 0.2) is 23.1 Å². The van der Waals surface area contributed by atoms with Gasteiger partial charge in [-0.15, -0.1) is 0 Å². The molecule has 1 aromatic carbocycles. The van der Waals surface area contributed by atoms with Crippen LogP contribution in [0.4, 0.5) is 5.69 Å². The third-order valence-electron chi connectivity index (χ3n) is 3.03. The standard InChI is InChI=1S/C11H15N3O5S/c12-20(17,18)10-2-1-8(11(6-10)14(15)16)5-9-7-13-3-4-19-9/h1-2,6,9,13H,3-5,7H2,(H2,12,17,18)/t9-/m1/s1. The molecular formula is C11H15N3O5S. The fraction of sp³-hybridized carbons (Fsp3) is 0.455. The van der Waals surface area contributed by atoms with Gasteiger partial charge in [-0.2, -0.15) is 0 Å². The number of sulfonamides is 1. The first-order chi connectivity index (χ1) is 9.38. The number of nitro benzene ring substituents is 1. The van der Waals surface area contributed by atoms with Crippen LogP contribution in [0.25, 0.3) is 0 Å². The average Bonchev–Trinajstić information content (AvgIpc) is 2.38. The molecular weight excluding hydrogens is 286 g/mol. The van der Waals surface area contributed by atoms with Crippen molar-refractivity contribution in [2.75, 3.05) is 19.7 Å². The molecule has 110 valence electrons. The highest BCUT2D eigenvalue weighted by Crippen LogP contribution is 2.24. The summed E-state index contributed by atoms with van der Waals surface area (Å²) >= 11 is 0. The van der Waals surface area contributed by atoms with Crippen LogP contribution in [0.5, 0.6) is 0 Å². The number of nitrogens with zero attached hydrogens (tertiary/aromatic N) is 1. The number of nitrogens with two attached hydrogens (primary N) is 1. The van der Waals surface area contributed by atoms with Crippen LogP contribution in [-0.4, -0.2) is 39.1 Å². The van der Waals surface area contributed by atoms with E-state index in [2.05, 4.69) is 5.32 Å². The minimum atomic E-state index is -3.96. The maximum atomic E-state index is 11.2. The molecule has 1 fully saturated rings. The van der Waals surface area contributed by atoms with Gasteiger partial charge in [0.2, 0.25) is 10.0 Å². The summed E-state index contributed by atoms with van der Waals surface area (Å²) in [6, 6.07) is 3.67. The molecule has 0 bridgehead atoms. The van der Waals surface area contributed by atoms with E-state index in [0.29, 0.717) is 25.1 Å². The van der Waals surface area contributed by atoms with Gasteiger partial charge in [0.05, 0.1) is 22.5 Å². The van der Waals surface area contributed by atoms with Crippen LogP contribution in [0.2, 0.25) is 0 Å². The molecule has 9 heteroatoms. The second-order valence-corrected chi connectivity index (χ2v) is 6.06. The molecule has 0 radical (unpaired) electrons. The zero-order valence-corrected chi connectivity index (χ0v) is 11.4. The predicted octanol–water partition coefficient (Wildman–Crippen LogP) is -0.227. The molecule has 8 nitrogen and oxygen atoms in total. The number of rotatable bonds is 4. The van der Waals surface area contributed by atoms with Crippen molar-refractivity contribution in [3.05, 3.63) is 33.9 Å². The molecule has 0 aromatic heterocycles. The van der Waals surface area contributed by atoms with Gasteiger partial charge in [-0.3, -0.25) is 10.1 Å². The van der Waals surface area contributed by atoms with Crippen molar-refractivity contribution in [2.45, 2.75) is 17.4 Å². The Balaban J connectivity index is 2.30. The molecule has 1 heterocycles. The lowest BCUT2D eigenvalue weighted by molar-refractivity contribution is -0.385. The van der Waals surface area contributed by atoms with E-state index in [0.717, 1.165) is 12.6 Å². The Bertz CT molecular complexity index is 610. The molecule has 1 saturated heterocycles. The third kappa shape index (κ3) is 3.51. The lowest BCUT2D eigenvalue weighted by atomic mass is 10.1. The van der Waals surface area contributed by atoms with E-state index in [1.54, 1.807) is 0 Å². The summed E-state index contributed by atoms with van der Waals surface area (Å²) in [4.78, 5) is 10.2. The van der Waals surface area contributed by atoms with E-state index >= 15 is 0 Å². The van der Waals surface area contributed by atoms with Gasteiger partial charge >= 0.3 is 0 Å². The zero-order valence-electron chi connectivity index (χ0n) is 10.6. The fourth-order valence-electron chi connectivity index (χ4n) is 2.06. The van der Waals surface area contributed by atoms with Crippen molar-refractivity contribution < 1.29 is 18.1 Å². The van der Waals surface area contributed by atoms with E-state index in [1.807, 2.05) is 0 Å². The molecule has 0 saturated carbocycles. The van der Waals surface area contributed by atoms with Gasteiger partial charge in [0.25, 0.3) is 5.69 Å². The van der Waals surface area contributed by atoms with E-state index in [4.69, 9.17) is 9.88 Å². The highest BCUT2D eigenvalue weighted by Gasteiger charge is 2.22. The second-order valence-electron chi connectivity index (χ2n) is 4.49. The largest absolute Gasteiger partial charge is 0.375 e. The molecule has 1 atom stereocenters. The summed E-state index contributed by atoms with van der Waals surface area (Å²) in [6.07, 6.45) is 0.177. The highest BCUT2D eigenvalue weighted by molar-refractivity contribution is 7.89. The summed E-state index contributed by atoms with van der Waals surface area (Å²) in [7, 11) is -3.96. The number of ether oxygens (including phenoxy) is 1. The Labute approximate surface area is 116 Å². The van der Waals surface area contributed by atoms with Crippen LogP contribution < -0.4 is 10.5 Å². The van der Waals surface area contributed by atoms with Gasteiger partial charge in [-0.25, -0.2) is 13.6 Å². The Morgan fingerprint density at radius 3 is 2.80 bits per heavy atom. The molecule has 0 spiro atoms.